The van der Waals surface area contributed by atoms with Gasteiger partial charge in [-0.15, -0.1) is 0 Å². The highest BCUT2D eigenvalue weighted by Crippen LogP contribution is 2.23. The number of carbonyl (C=O) groups is 2. The molecule has 28 heavy (non-hydrogen) atoms. The molecule has 8 heteroatoms. The van der Waals surface area contributed by atoms with Crippen LogP contribution in [0.1, 0.15) is 29.8 Å². The summed E-state index contributed by atoms with van der Waals surface area (Å²) in [5.41, 5.74) is 0.332. The first-order valence-corrected chi connectivity index (χ1v) is 9.73. The highest BCUT2D eigenvalue weighted by atomic mass is 35.5. The fourth-order valence-electron chi connectivity index (χ4n) is 3.07. The Labute approximate surface area is 169 Å². The maximum absolute atomic E-state index is 12.5. The quantitative estimate of drug-likeness (QED) is 0.694. The Hall–Kier alpha value is -2.67. The SMILES string of the molecule is O=C(CCCOc1ccccc1Cl)N1CCCN(C(=O)c2cnccn2)CC1. The van der Waals surface area contributed by atoms with E-state index in [0.717, 1.165) is 6.42 Å². The van der Waals surface area contributed by atoms with Gasteiger partial charge in [-0.3, -0.25) is 14.6 Å². The number of aromatic nitrogens is 2. The summed E-state index contributed by atoms with van der Waals surface area (Å²) in [5.74, 6) is 0.566. The van der Waals surface area contributed by atoms with Crippen molar-refractivity contribution >= 4 is 23.4 Å². The summed E-state index contributed by atoms with van der Waals surface area (Å²) in [6.45, 7) is 2.71. The van der Waals surface area contributed by atoms with Crippen molar-refractivity contribution in [2.75, 3.05) is 32.8 Å². The van der Waals surface area contributed by atoms with E-state index >= 15 is 0 Å². The number of rotatable bonds is 6. The predicted molar refractivity (Wildman–Crippen MR) is 105 cm³/mol. The van der Waals surface area contributed by atoms with Crippen LogP contribution in [0.15, 0.2) is 42.9 Å². The largest absolute Gasteiger partial charge is 0.492 e. The number of hydrogen-bond acceptors (Lipinski definition) is 5. The number of halogens is 1. The molecule has 2 amide bonds. The molecule has 3 rings (SSSR count). The van der Waals surface area contributed by atoms with E-state index in [0.29, 0.717) is 62.1 Å². The second-order valence-corrected chi connectivity index (χ2v) is 6.91. The number of ether oxygens (including phenoxy) is 1. The Kier molecular flexibility index (Phi) is 7.19. The average molecular weight is 403 g/mol. The molecule has 1 saturated heterocycles. The van der Waals surface area contributed by atoms with Crippen molar-refractivity contribution in [1.82, 2.24) is 19.8 Å². The van der Waals surface area contributed by atoms with Gasteiger partial charge in [0.25, 0.3) is 5.91 Å². The second kappa shape index (κ2) is 10.0. The van der Waals surface area contributed by atoms with E-state index in [2.05, 4.69) is 9.97 Å². The Morgan fingerprint density at radius 1 is 1.07 bits per heavy atom. The topological polar surface area (TPSA) is 75.6 Å². The van der Waals surface area contributed by atoms with Gasteiger partial charge < -0.3 is 14.5 Å². The molecule has 1 fully saturated rings. The lowest BCUT2D eigenvalue weighted by Crippen LogP contribution is -2.37. The van der Waals surface area contributed by atoms with Gasteiger partial charge in [0.05, 0.1) is 17.8 Å². The molecular weight excluding hydrogens is 380 g/mol. The number of amides is 2. The minimum Gasteiger partial charge on any atom is -0.492 e. The van der Waals surface area contributed by atoms with Crippen molar-refractivity contribution in [2.24, 2.45) is 0 Å². The zero-order valence-electron chi connectivity index (χ0n) is 15.6. The summed E-state index contributed by atoms with van der Waals surface area (Å²) in [6, 6.07) is 7.28. The molecule has 7 nitrogen and oxygen atoms in total. The monoisotopic (exact) mass is 402 g/mol. The number of benzene rings is 1. The van der Waals surface area contributed by atoms with Crippen LogP contribution in [-0.4, -0.2) is 64.4 Å². The third kappa shape index (κ3) is 5.42. The van der Waals surface area contributed by atoms with Gasteiger partial charge >= 0.3 is 0 Å². The van der Waals surface area contributed by atoms with Crippen LogP contribution in [0.2, 0.25) is 5.02 Å². The Bertz CT molecular complexity index is 803. The van der Waals surface area contributed by atoms with E-state index in [1.165, 1.54) is 18.6 Å². The fraction of sp³-hybridized carbons (Fsp3) is 0.400. The molecular formula is C20H23ClN4O3. The third-order valence-corrected chi connectivity index (χ3v) is 4.86. The van der Waals surface area contributed by atoms with E-state index in [1.807, 2.05) is 23.1 Å². The van der Waals surface area contributed by atoms with Gasteiger partial charge in [0.2, 0.25) is 5.91 Å². The van der Waals surface area contributed by atoms with Crippen molar-refractivity contribution in [3.05, 3.63) is 53.6 Å². The first-order chi connectivity index (χ1) is 13.6. The van der Waals surface area contributed by atoms with Gasteiger partial charge in [-0.25, -0.2) is 4.98 Å². The lowest BCUT2D eigenvalue weighted by molar-refractivity contribution is -0.131. The molecule has 0 atom stereocenters. The Morgan fingerprint density at radius 2 is 1.86 bits per heavy atom. The summed E-state index contributed by atoms with van der Waals surface area (Å²) < 4.78 is 5.63. The van der Waals surface area contributed by atoms with Gasteiger partial charge in [-0.05, 0) is 25.0 Å². The molecule has 1 aromatic heterocycles. The van der Waals surface area contributed by atoms with Crippen LogP contribution in [0, 0.1) is 0 Å². The number of nitrogens with zero attached hydrogens (tertiary/aromatic N) is 4. The molecule has 0 saturated carbocycles. The van der Waals surface area contributed by atoms with E-state index in [9.17, 15) is 9.59 Å². The third-order valence-electron chi connectivity index (χ3n) is 4.55. The highest BCUT2D eigenvalue weighted by molar-refractivity contribution is 6.32. The number of hydrogen-bond donors (Lipinski definition) is 0. The molecule has 1 aliphatic rings. The smallest absolute Gasteiger partial charge is 0.274 e. The van der Waals surface area contributed by atoms with E-state index in [-0.39, 0.29) is 11.8 Å². The average Bonchev–Trinajstić information content (AvgIpc) is 2.99. The Balaban J connectivity index is 1.43. The minimum atomic E-state index is -0.143. The molecule has 2 heterocycles. The van der Waals surface area contributed by atoms with Gasteiger partial charge in [0.15, 0.2) is 0 Å². The van der Waals surface area contributed by atoms with Crippen LogP contribution in [-0.2, 0) is 4.79 Å². The first-order valence-electron chi connectivity index (χ1n) is 9.35. The molecule has 148 valence electrons. The lowest BCUT2D eigenvalue weighted by Gasteiger charge is -2.22. The maximum Gasteiger partial charge on any atom is 0.274 e. The van der Waals surface area contributed by atoms with Crippen molar-refractivity contribution < 1.29 is 14.3 Å². The zero-order chi connectivity index (χ0) is 19.8. The summed E-state index contributed by atoms with van der Waals surface area (Å²) in [7, 11) is 0. The highest BCUT2D eigenvalue weighted by Gasteiger charge is 2.23. The number of carbonyl (C=O) groups excluding carboxylic acids is 2. The van der Waals surface area contributed by atoms with Gasteiger partial charge in [0, 0.05) is 45.0 Å². The minimum absolute atomic E-state index is 0.0801. The van der Waals surface area contributed by atoms with Crippen LogP contribution >= 0.6 is 11.6 Å². The van der Waals surface area contributed by atoms with Crippen LogP contribution in [0.3, 0.4) is 0 Å². The van der Waals surface area contributed by atoms with E-state index < -0.39 is 0 Å². The molecule has 0 aliphatic carbocycles. The first kappa shape index (κ1) is 20.1. The lowest BCUT2D eigenvalue weighted by atomic mass is 10.2. The zero-order valence-corrected chi connectivity index (χ0v) is 16.3. The molecule has 1 aromatic carbocycles. The van der Waals surface area contributed by atoms with Crippen molar-refractivity contribution in [1.29, 1.82) is 0 Å². The normalized spacial score (nSPS) is 14.5. The van der Waals surface area contributed by atoms with Crippen LogP contribution in [0.25, 0.3) is 0 Å². The van der Waals surface area contributed by atoms with Crippen LogP contribution < -0.4 is 4.74 Å². The predicted octanol–water partition coefficient (Wildman–Crippen LogP) is 2.66. The second-order valence-electron chi connectivity index (χ2n) is 6.50. The van der Waals surface area contributed by atoms with Crippen LogP contribution in [0.5, 0.6) is 5.75 Å². The van der Waals surface area contributed by atoms with E-state index in [4.69, 9.17) is 16.3 Å². The van der Waals surface area contributed by atoms with Gasteiger partial charge in [0.1, 0.15) is 11.4 Å². The molecule has 0 bridgehead atoms. The Morgan fingerprint density at radius 3 is 2.64 bits per heavy atom. The van der Waals surface area contributed by atoms with Gasteiger partial charge in [-0.2, -0.15) is 0 Å². The molecule has 2 aromatic rings. The van der Waals surface area contributed by atoms with Gasteiger partial charge in [-0.1, -0.05) is 23.7 Å². The molecule has 0 unspecified atom stereocenters. The van der Waals surface area contributed by atoms with Crippen LogP contribution in [0.4, 0.5) is 0 Å². The number of para-hydroxylation sites is 1. The van der Waals surface area contributed by atoms with Crippen molar-refractivity contribution in [2.45, 2.75) is 19.3 Å². The van der Waals surface area contributed by atoms with E-state index in [1.54, 1.807) is 11.0 Å². The molecule has 1 aliphatic heterocycles. The van der Waals surface area contributed by atoms with Crippen molar-refractivity contribution in [3.8, 4) is 5.75 Å². The summed E-state index contributed by atoms with van der Waals surface area (Å²) in [5, 5.41) is 0.564. The molecule has 0 radical (unpaired) electrons. The maximum atomic E-state index is 12.5. The fourth-order valence-corrected chi connectivity index (χ4v) is 3.26. The standard InChI is InChI=1S/C20H23ClN4O3/c21-16-5-1-2-6-18(16)28-14-3-7-19(26)24-10-4-11-25(13-12-24)20(27)17-15-22-8-9-23-17/h1-2,5-6,8-9,15H,3-4,7,10-14H2. The van der Waals surface area contributed by atoms with Crippen molar-refractivity contribution in [3.63, 3.8) is 0 Å². The molecule has 0 spiro atoms. The summed E-state index contributed by atoms with van der Waals surface area (Å²) in [6.07, 6.45) is 6.27. The summed E-state index contributed by atoms with van der Waals surface area (Å²) in [4.78, 5) is 36.5. The summed E-state index contributed by atoms with van der Waals surface area (Å²) >= 11 is 6.05. The molecule has 0 N–H and O–H groups in total.